The van der Waals surface area contributed by atoms with Crippen LogP contribution in [0.2, 0.25) is 0 Å². The van der Waals surface area contributed by atoms with E-state index in [4.69, 9.17) is 13.8 Å². The lowest BCUT2D eigenvalue weighted by Gasteiger charge is -2.39. The van der Waals surface area contributed by atoms with Crippen LogP contribution >= 0.6 is 7.60 Å². The molecule has 0 aliphatic carbocycles. The summed E-state index contributed by atoms with van der Waals surface area (Å²) in [4.78, 5) is 27.3. The fraction of sp³-hybridized carbons (Fsp3) is 0.324. The second-order valence-electron chi connectivity index (χ2n) is 12.0. The van der Waals surface area contributed by atoms with Crippen molar-refractivity contribution in [3.63, 3.8) is 0 Å². The molecule has 236 valence electrons. The zero-order chi connectivity index (χ0) is 32.2. The molecule has 3 aromatic rings. The maximum atomic E-state index is 14.3. The number of carbonyl (C=O) groups is 1. The van der Waals surface area contributed by atoms with Crippen molar-refractivity contribution in [3.8, 4) is 0 Å². The van der Waals surface area contributed by atoms with Crippen LogP contribution in [0.15, 0.2) is 107 Å². The van der Waals surface area contributed by atoms with E-state index < -0.39 is 24.4 Å². The number of carbonyl (C=O) groups excluding carboxylic acids is 1. The number of nitrogens with zero attached hydrogens (tertiary/aromatic N) is 2. The number of nitrogens with one attached hydrogen (secondary N) is 1. The van der Waals surface area contributed by atoms with Crippen LogP contribution < -0.4 is 10.2 Å². The molecule has 5 rings (SSSR count). The summed E-state index contributed by atoms with van der Waals surface area (Å²) in [6.45, 7) is 8.80. The fourth-order valence-electron chi connectivity index (χ4n) is 5.57. The normalized spacial score (nSPS) is 19.1. The highest BCUT2D eigenvalue weighted by molar-refractivity contribution is 7.58. The van der Waals surface area contributed by atoms with E-state index in [9.17, 15) is 19.5 Å². The quantitative estimate of drug-likeness (QED) is 0.0807. The van der Waals surface area contributed by atoms with Gasteiger partial charge in [0.25, 0.3) is 5.69 Å². The molecular formula is C34H38N3O7P. The summed E-state index contributed by atoms with van der Waals surface area (Å²) in [5, 5.41) is 15.1. The minimum absolute atomic E-state index is 0.0654. The summed E-state index contributed by atoms with van der Waals surface area (Å²) in [5.41, 5.74) is 3.18. The van der Waals surface area contributed by atoms with Gasteiger partial charge >= 0.3 is 13.6 Å². The molecule has 0 radical (unpaired) electrons. The Morgan fingerprint density at radius 2 is 1.64 bits per heavy atom. The minimum atomic E-state index is -3.91. The van der Waals surface area contributed by atoms with Crippen molar-refractivity contribution >= 4 is 24.9 Å². The molecule has 3 aromatic carbocycles. The molecule has 45 heavy (non-hydrogen) atoms. The van der Waals surface area contributed by atoms with E-state index in [1.807, 2.05) is 74.5 Å². The first-order chi connectivity index (χ1) is 21.5. The largest absolute Gasteiger partial charge is 0.460 e. The molecule has 1 atom stereocenters. The van der Waals surface area contributed by atoms with Gasteiger partial charge in [-0.3, -0.25) is 14.7 Å². The van der Waals surface area contributed by atoms with Crippen LogP contribution in [0.5, 0.6) is 0 Å². The monoisotopic (exact) mass is 632 g/mol. The Kier molecular flexibility index (Phi) is 9.58. The van der Waals surface area contributed by atoms with Crippen molar-refractivity contribution in [2.24, 2.45) is 5.41 Å². The molecule has 1 N–H and O–H groups in total. The highest BCUT2D eigenvalue weighted by Gasteiger charge is 2.48. The van der Waals surface area contributed by atoms with E-state index in [2.05, 4.69) is 10.2 Å². The second kappa shape index (κ2) is 13.4. The molecule has 11 heteroatoms. The molecule has 0 aromatic heterocycles. The first-order valence-electron chi connectivity index (χ1n) is 14.8. The van der Waals surface area contributed by atoms with Crippen molar-refractivity contribution in [2.75, 3.05) is 31.3 Å². The summed E-state index contributed by atoms with van der Waals surface area (Å²) in [6.07, 6.45) is 0. The molecule has 0 spiro atoms. The first kappa shape index (κ1) is 32.2. The maximum Gasteiger partial charge on any atom is 0.360 e. The van der Waals surface area contributed by atoms with E-state index in [1.54, 1.807) is 26.0 Å². The van der Waals surface area contributed by atoms with Gasteiger partial charge in [0.15, 0.2) is 0 Å². The average Bonchev–Trinajstić information content (AvgIpc) is 3.02. The molecule has 1 unspecified atom stereocenters. The SMILES string of the molecule is CC1=C(P2(=O)OCC(C)(C)CO2)C(c2cccc([N+](=O)[O-])c2)C(C(=O)OCCN(Cc2ccccc2)c2ccccc2)=C([13CH3])N1. The Morgan fingerprint density at radius 1 is 1.00 bits per heavy atom. The number of dihydropyridines is 1. The van der Waals surface area contributed by atoms with Crippen LogP contribution in [-0.4, -0.2) is 37.3 Å². The number of nitro groups is 1. The van der Waals surface area contributed by atoms with Crippen molar-refractivity contribution in [3.05, 3.63) is 128 Å². The summed E-state index contributed by atoms with van der Waals surface area (Å²) >= 11 is 0. The zero-order valence-electron chi connectivity index (χ0n) is 25.9. The number of allylic oxidation sites excluding steroid dienone is 3. The van der Waals surface area contributed by atoms with Crippen molar-refractivity contribution < 1.29 is 28.1 Å². The van der Waals surface area contributed by atoms with Crippen molar-refractivity contribution in [1.82, 2.24) is 5.32 Å². The van der Waals surface area contributed by atoms with Gasteiger partial charge in [-0.05, 0) is 37.1 Å². The lowest BCUT2D eigenvalue weighted by molar-refractivity contribution is -0.384. The number of hydrogen-bond donors (Lipinski definition) is 1. The van der Waals surface area contributed by atoms with Crippen molar-refractivity contribution in [2.45, 2.75) is 40.2 Å². The summed E-state index contributed by atoms with van der Waals surface area (Å²) in [7, 11) is -3.91. The Hall–Kier alpha value is -4.24. The van der Waals surface area contributed by atoms with Crippen LogP contribution in [0.3, 0.4) is 0 Å². The third-order valence-electron chi connectivity index (χ3n) is 7.84. The summed E-state index contributed by atoms with van der Waals surface area (Å²) in [6, 6.07) is 25.9. The molecule has 10 nitrogen and oxygen atoms in total. The van der Waals surface area contributed by atoms with Crippen LogP contribution in [0.4, 0.5) is 11.4 Å². The number of benzene rings is 3. The Bertz CT molecular complexity index is 1660. The highest BCUT2D eigenvalue weighted by Crippen LogP contribution is 2.66. The topological polar surface area (TPSA) is 120 Å². The van der Waals surface area contributed by atoms with Crippen LogP contribution in [-0.2, 0) is 29.7 Å². The third-order valence-corrected chi connectivity index (χ3v) is 9.96. The van der Waals surface area contributed by atoms with Gasteiger partial charge in [0.2, 0.25) is 0 Å². The molecule has 2 aliphatic heterocycles. The third kappa shape index (κ3) is 7.36. The second-order valence-corrected chi connectivity index (χ2v) is 14.0. The van der Waals surface area contributed by atoms with E-state index in [0.717, 1.165) is 11.3 Å². The predicted molar refractivity (Wildman–Crippen MR) is 173 cm³/mol. The number of ether oxygens (including phenoxy) is 1. The molecule has 0 amide bonds. The molecule has 0 bridgehead atoms. The number of para-hydroxylation sites is 1. The first-order valence-corrected chi connectivity index (χ1v) is 16.4. The Labute approximate surface area is 263 Å². The summed E-state index contributed by atoms with van der Waals surface area (Å²) in [5.74, 6) is -1.58. The van der Waals surface area contributed by atoms with E-state index in [1.165, 1.54) is 12.1 Å². The van der Waals surface area contributed by atoms with Gasteiger partial charge in [-0.25, -0.2) is 4.79 Å². The van der Waals surface area contributed by atoms with E-state index in [-0.39, 0.29) is 41.8 Å². The fourth-order valence-corrected chi connectivity index (χ4v) is 8.02. The summed E-state index contributed by atoms with van der Waals surface area (Å²) < 4.78 is 32.1. The molecule has 1 fully saturated rings. The molecule has 2 heterocycles. The van der Waals surface area contributed by atoms with E-state index in [0.29, 0.717) is 30.0 Å². The molecule has 0 saturated carbocycles. The average molecular weight is 633 g/mol. The van der Waals surface area contributed by atoms with Gasteiger partial charge in [-0.2, -0.15) is 0 Å². The number of anilines is 1. The lowest BCUT2D eigenvalue weighted by atomic mass is 9.87. The Morgan fingerprint density at radius 3 is 2.29 bits per heavy atom. The predicted octanol–water partition coefficient (Wildman–Crippen LogP) is 7.30. The van der Waals surface area contributed by atoms with Gasteiger partial charge in [-0.15, -0.1) is 0 Å². The van der Waals surface area contributed by atoms with Crippen LogP contribution in [0.1, 0.15) is 44.7 Å². The van der Waals surface area contributed by atoms with E-state index >= 15 is 0 Å². The maximum absolute atomic E-state index is 14.3. The standard InChI is InChI=1S/C34H38N3O7P/c1-24-30(33(38)42-19-18-36(28-15-9-6-10-16-28)21-26-12-7-5-8-13-26)31(27-14-11-17-29(20-27)37(39)40)32(25(2)35-24)45(41)43-22-34(3,4)23-44-45/h5-17,20,31,35H,18-19,21-23H2,1-4H3/i1+1. The Balaban J connectivity index is 1.44. The minimum Gasteiger partial charge on any atom is -0.460 e. The molecular weight excluding hydrogens is 594 g/mol. The zero-order valence-corrected chi connectivity index (χ0v) is 26.8. The van der Waals surface area contributed by atoms with Gasteiger partial charge < -0.3 is 24.0 Å². The molecule has 1 saturated heterocycles. The van der Waals surface area contributed by atoms with Gasteiger partial charge in [0.1, 0.15) is 6.61 Å². The van der Waals surface area contributed by atoms with Crippen LogP contribution in [0.25, 0.3) is 0 Å². The number of esters is 1. The number of hydrogen-bond acceptors (Lipinski definition) is 9. The lowest BCUT2D eigenvalue weighted by Crippen LogP contribution is -2.34. The van der Waals surface area contributed by atoms with Gasteiger partial charge in [0, 0.05) is 41.2 Å². The highest BCUT2D eigenvalue weighted by atomic mass is 31.2. The van der Waals surface area contributed by atoms with Gasteiger partial charge in [-0.1, -0.05) is 74.5 Å². The van der Waals surface area contributed by atoms with Gasteiger partial charge in [0.05, 0.1) is 41.5 Å². The van der Waals surface area contributed by atoms with Crippen LogP contribution in [0, 0.1) is 15.5 Å². The number of rotatable bonds is 10. The number of non-ortho nitro benzene ring substituents is 1. The molecule has 2 aliphatic rings. The number of nitro benzene ring substituents is 1. The van der Waals surface area contributed by atoms with Crippen molar-refractivity contribution in [1.29, 1.82) is 0 Å². The smallest absolute Gasteiger partial charge is 0.360 e.